The van der Waals surface area contributed by atoms with Gasteiger partial charge < -0.3 is 10.5 Å². The van der Waals surface area contributed by atoms with E-state index < -0.39 is 12.5 Å². The average molecular weight is 288 g/mol. The molecule has 0 aliphatic carbocycles. The topological polar surface area (TPSA) is 73.6 Å². The summed E-state index contributed by atoms with van der Waals surface area (Å²) in [6, 6.07) is 6.50. The van der Waals surface area contributed by atoms with E-state index in [1.807, 2.05) is 6.92 Å². The van der Waals surface area contributed by atoms with Gasteiger partial charge in [-0.25, -0.2) is 0 Å². The minimum absolute atomic E-state index is 0.0336. The van der Waals surface area contributed by atoms with E-state index in [1.54, 1.807) is 12.1 Å². The van der Waals surface area contributed by atoms with Gasteiger partial charge >= 0.3 is 6.61 Å². The molecular weight excluding hydrogens is 270 g/mol. The number of nitrogens with two attached hydrogens (primary N) is 1. The molecule has 1 unspecified atom stereocenters. The van der Waals surface area contributed by atoms with E-state index in [2.05, 4.69) is 10.2 Å². The number of carbonyl (C=O) groups excluding carboxylic acids is 1. The number of rotatable bonds is 9. The molecule has 1 rings (SSSR count). The quantitative estimate of drug-likeness (QED) is 0.677. The highest BCUT2D eigenvalue weighted by molar-refractivity contribution is 5.74. The first kappa shape index (κ1) is 16.3. The Morgan fingerprint density at radius 2 is 2.00 bits per heavy atom. The van der Waals surface area contributed by atoms with E-state index in [0.29, 0.717) is 0 Å². The van der Waals surface area contributed by atoms with Crippen LogP contribution in [0.4, 0.5) is 8.78 Å². The number of halogens is 2. The Balaban J connectivity index is 2.28. The fourth-order valence-corrected chi connectivity index (χ4v) is 1.53. The van der Waals surface area contributed by atoms with Gasteiger partial charge in [-0.15, -0.1) is 0 Å². The predicted molar refractivity (Wildman–Crippen MR) is 69.1 cm³/mol. The number of carbonyl (C=O) groups is 1. The number of primary amides is 1. The molecule has 1 amide bonds. The molecule has 1 aromatic carbocycles. The van der Waals surface area contributed by atoms with E-state index >= 15 is 0 Å². The third-order valence-electron chi connectivity index (χ3n) is 2.51. The van der Waals surface area contributed by atoms with Crippen molar-refractivity contribution in [1.29, 1.82) is 0 Å². The van der Waals surface area contributed by atoms with Gasteiger partial charge in [0.2, 0.25) is 5.91 Å². The average Bonchev–Trinajstić information content (AvgIpc) is 2.37. The molecule has 20 heavy (non-hydrogen) atoms. The maximum absolute atomic E-state index is 12.0. The SMILES string of the molecule is CC(CCc1ccc(OC(F)F)cc1)NOCC(N)=O. The van der Waals surface area contributed by atoms with E-state index in [4.69, 9.17) is 10.6 Å². The number of hydroxylamine groups is 1. The molecule has 1 aromatic rings. The van der Waals surface area contributed by atoms with Gasteiger partial charge in [0, 0.05) is 6.04 Å². The third-order valence-corrected chi connectivity index (χ3v) is 2.51. The van der Waals surface area contributed by atoms with Gasteiger partial charge in [0.05, 0.1) is 0 Å². The lowest BCUT2D eigenvalue weighted by Gasteiger charge is -2.13. The smallest absolute Gasteiger partial charge is 0.387 e. The lowest BCUT2D eigenvalue weighted by Crippen LogP contribution is -2.31. The molecule has 0 aliphatic rings. The largest absolute Gasteiger partial charge is 0.435 e. The number of benzene rings is 1. The number of aryl methyl sites for hydroxylation is 1. The van der Waals surface area contributed by atoms with E-state index in [-0.39, 0.29) is 18.4 Å². The summed E-state index contributed by atoms with van der Waals surface area (Å²) in [5.74, 6) is -0.404. The fraction of sp³-hybridized carbons (Fsp3) is 0.462. The van der Waals surface area contributed by atoms with Crippen molar-refractivity contribution in [3.8, 4) is 5.75 Å². The Hall–Kier alpha value is -1.73. The van der Waals surface area contributed by atoms with Gasteiger partial charge in [-0.1, -0.05) is 12.1 Å². The Labute approximate surface area is 116 Å². The summed E-state index contributed by atoms with van der Waals surface area (Å²) < 4.78 is 28.2. The molecule has 0 aliphatic heterocycles. The summed E-state index contributed by atoms with van der Waals surface area (Å²) in [5.41, 5.74) is 8.62. The molecule has 0 radical (unpaired) electrons. The van der Waals surface area contributed by atoms with Crippen LogP contribution in [0, 0.1) is 0 Å². The van der Waals surface area contributed by atoms with Crippen molar-refractivity contribution in [3.05, 3.63) is 29.8 Å². The van der Waals surface area contributed by atoms with Crippen LogP contribution >= 0.6 is 0 Å². The summed E-state index contributed by atoms with van der Waals surface area (Å²) in [5, 5.41) is 0. The van der Waals surface area contributed by atoms with E-state index in [0.717, 1.165) is 18.4 Å². The number of hydrogen-bond acceptors (Lipinski definition) is 4. The molecule has 0 saturated heterocycles. The number of alkyl halides is 2. The molecule has 1 atom stereocenters. The Morgan fingerprint density at radius 3 is 2.55 bits per heavy atom. The first-order valence-electron chi connectivity index (χ1n) is 6.16. The van der Waals surface area contributed by atoms with Crippen LogP contribution in [0.25, 0.3) is 0 Å². The molecule has 0 bridgehead atoms. The van der Waals surface area contributed by atoms with Crippen molar-refractivity contribution in [3.63, 3.8) is 0 Å². The summed E-state index contributed by atoms with van der Waals surface area (Å²) >= 11 is 0. The highest BCUT2D eigenvalue weighted by Gasteiger charge is 2.06. The zero-order valence-electron chi connectivity index (χ0n) is 11.1. The number of amides is 1. The molecule has 0 fully saturated rings. The zero-order chi connectivity index (χ0) is 15.0. The molecule has 0 heterocycles. The highest BCUT2D eigenvalue weighted by Crippen LogP contribution is 2.16. The van der Waals surface area contributed by atoms with Gasteiger partial charge in [0.25, 0.3) is 0 Å². The molecule has 7 heteroatoms. The molecular formula is C13H18F2N2O3. The number of hydrogen-bond donors (Lipinski definition) is 2. The van der Waals surface area contributed by atoms with Crippen LogP contribution in [0.2, 0.25) is 0 Å². The van der Waals surface area contributed by atoms with Crippen molar-refractivity contribution in [2.24, 2.45) is 5.73 Å². The second-order valence-corrected chi connectivity index (χ2v) is 4.34. The van der Waals surface area contributed by atoms with Crippen molar-refractivity contribution < 1.29 is 23.1 Å². The van der Waals surface area contributed by atoms with Crippen LogP contribution < -0.4 is 16.0 Å². The molecule has 0 saturated carbocycles. The van der Waals surface area contributed by atoms with Crippen LogP contribution in [0.3, 0.4) is 0 Å². The van der Waals surface area contributed by atoms with Crippen LogP contribution in [-0.2, 0) is 16.1 Å². The Bertz CT molecular complexity index is 413. The second kappa shape index (κ2) is 8.44. The monoisotopic (exact) mass is 288 g/mol. The van der Waals surface area contributed by atoms with Gasteiger partial charge in [-0.05, 0) is 37.5 Å². The maximum Gasteiger partial charge on any atom is 0.387 e. The molecule has 5 nitrogen and oxygen atoms in total. The number of ether oxygens (including phenoxy) is 1. The molecule has 112 valence electrons. The first-order valence-corrected chi connectivity index (χ1v) is 6.16. The van der Waals surface area contributed by atoms with Gasteiger partial charge in [0.15, 0.2) is 0 Å². The minimum atomic E-state index is -2.81. The van der Waals surface area contributed by atoms with Crippen LogP contribution in [0.5, 0.6) is 5.75 Å². The van der Waals surface area contributed by atoms with E-state index in [9.17, 15) is 13.6 Å². The van der Waals surface area contributed by atoms with Crippen molar-refractivity contribution in [2.45, 2.75) is 32.4 Å². The predicted octanol–water partition coefficient (Wildman–Crippen LogP) is 1.62. The highest BCUT2D eigenvalue weighted by atomic mass is 19.3. The number of nitrogens with one attached hydrogen (secondary N) is 1. The van der Waals surface area contributed by atoms with Crippen molar-refractivity contribution in [2.75, 3.05) is 6.61 Å². The summed E-state index contributed by atoms with van der Waals surface area (Å²) in [7, 11) is 0. The molecule has 0 aromatic heterocycles. The fourth-order valence-electron chi connectivity index (χ4n) is 1.53. The maximum atomic E-state index is 12.0. The summed E-state index contributed by atoms with van der Waals surface area (Å²) in [6.45, 7) is -1.09. The molecule has 0 spiro atoms. The Kier molecular flexibility index (Phi) is 6.89. The van der Waals surface area contributed by atoms with Gasteiger partial charge in [-0.3, -0.25) is 9.63 Å². The van der Waals surface area contributed by atoms with E-state index in [1.165, 1.54) is 12.1 Å². The first-order chi connectivity index (χ1) is 9.47. The summed E-state index contributed by atoms with van der Waals surface area (Å²) in [6.07, 6.45) is 1.50. The normalized spacial score (nSPS) is 12.4. The van der Waals surface area contributed by atoms with Crippen molar-refractivity contribution in [1.82, 2.24) is 5.48 Å². The zero-order valence-corrected chi connectivity index (χ0v) is 11.1. The second-order valence-electron chi connectivity index (χ2n) is 4.34. The van der Waals surface area contributed by atoms with Crippen molar-refractivity contribution >= 4 is 5.91 Å². The van der Waals surface area contributed by atoms with Gasteiger partial charge in [-0.2, -0.15) is 14.3 Å². The van der Waals surface area contributed by atoms with Crippen LogP contribution in [-0.4, -0.2) is 25.2 Å². The minimum Gasteiger partial charge on any atom is -0.435 e. The lowest BCUT2D eigenvalue weighted by molar-refractivity contribution is -0.126. The summed E-state index contributed by atoms with van der Waals surface area (Å²) in [4.78, 5) is 15.3. The third kappa shape index (κ3) is 7.01. The van der Waals surface area contributed by atoms with Gasteiger partial charge in [0.1, 0.15) is 12.4 Å². The Morgan fingerprint density at radius 1 is 1.35 bits per heavy atom. The van der Waals surface area contributed by atoms with Crippen LogP contribution in [0.15, 0.2) is 24.3 Å². The standard InChI is InChI=1S/C13H18F2N2O3/c1-9(17-19-8-12(16)18)2-3-10-4-6-11(7-5-10)20-13(14)15/h4-7,9,13,17H,2-3,8H2,1H3,(H2,16,18). The lowest BCUT2D eigenvalue weighted by atomic mass is 10.1. The molecule has 3 N–H and O–H groups in total. The van der Waals surface area contributed by atoms with Crippen LogP contribution in [0.1, 0.15) is 18.9 Å².